The average molecular weight is 425 g/mol. The number of fused-ring (bicyclic) bond motifs is 1. The zero-order valence-electron chi connectivity index (χ0n) is 17.9. The van der Waals surface area contributed by atoms with Crippen LogP contribution >= 0.6 is 0 Å². The molecule has 1 fully saturated rings. The number of carbonyl (C=O) groups is 2. The Morgan fingerprint density at radius 2 is 1.69 bits per heavy atom. The summed E-state index contributed by atoms with van der Waals surface area (Å²) in [5.74, 6) is -0.150. The van der Waals surface area contributed by atoms with Gasteiger partial charge in [-0.1, -0.05) is 48.5 Å². The highest BCUT2D eigenvalue weighted by Gasteiger charge is 2.34. The summed E-state index contributed by atoms with van der Waals surface area (Å²) in [6.45, 7) is 3.17. The summed E-state index contributed by atoms with van der Waals surface area (Å²) in [5, 5.41) is 3.79. The van der Waals surface area contributed by atoms with Crippen molar-refractivity contribution in [2.45, 2.75) is 19.4 Å². The number of hydrogen-bond donors (Lipinski definition) is 1. The molecule has 5 nitrogen and oxygen atoms in total. The second-order valence-corrected chi connectivity index (χ2v) is 8.15. The fourth-order valence-corrected chi connectivity index (χ4v) is 4.35. The van der Waals surface area contributed by atoms with Crippen LogP contribution in [0, 0.1) is 6.92 Å². The molecule has 1 aliphatic heterocycles. The number of furan rings is 1. The first-order chi connectivity index (χ1) is 15.6. The normalized spacial score (nSPS) is 15.4. The lowest BCUT2D eigenvalue weighted by Crippen LogP contribution is -2.56. The molecule has 1 saturated heterocycles. The number of rotatable bonds is 5. The van der Waals surface area contributed by atoms with Gasteiger partial charge in [0.25, 0.3) is 11.8 Å². The lowest BCUT2D eigenvalue weighted by molar-refractivity contribution is 0.0456. The van der Waals surface area contributed by atoms with E-state index in [4.69, 9.17) is 4.42 Å². The molecule has 1 atom stereocenters. The van der Waals surface area contributed by atoms with Gasteiger partial charge in [0.15, 0.2) is 0 Å². The number of carbonyl (C=O) groups excluding carboxylic acids is 2. The van der Waals surface area contributed by atoms with Gasteiger partial charge in [-0.15, -0.1) is 0 Å². The maximum Gasteiger partial charge on any atom is 0.254 e. The first kappa shape index (κ1) is 20.1. The molecular weight excluding hydrogens is 400 g/mol. The second-order valence-electron chi connectivity index (χ2n) is 8.15. The van der Waals surface area contributed by atoms with Crippen molar-refractivity contribution < 1.29 is 14.0 Å². The second kappa shape index (κ2) is 8.35. The molecule has 160 valence electrons. The van der Waals surface area contributed by atoms with Gasteiger partial charge in [0.1, 0.15) is 5.58 Å². The van der Waals surface area contributed by atoms with Crippen LogP contribution in [0.25, 0.3) is 22.1 Å². The van der Waals surface area contributed by atoms with Crippen LogP contribution in [-0.2, 0) is 0 Å². The zero-order valence-corrected chi connectivity index (χ0v) is 17.9. The van der Waals surface area contributed by atoms with E-state index in [0.29, 0.717) is 29.8 Å². The van der Waals surface area contributed by atoms with Gasteiger partial charge < -0.3 is 14.6 Å². The standard InChI is InChI=1S/C27H24N2O3/c1-18-7-2-3-8-20(18)21-9-4-5-10-24(21)27(31)29-15-13-19(29)17-28-26(30)23-11-6-12-25-22(23)14-16-32-25/h2-12,14,16,19H,13,15,17H2,1H3,(H,28,30). The predicted octanol–water partition coefficient (Wildman–Crippen LogP) is 5.05. The molecule has 5 heteroatoms. The molecule has 0 bridgehead atoms. The number of aryl methyl sites for hydroxylation is 1. The maximum absolute atomic E-state index is 13.4. The molecule has 1 N–H and O–H groups in total. The minimum Gasteiger partial charge on any atom is -0.464 e. The van der Waals surface area contributed by atoms with Gasteiger partial charge in [-0.25, -0.2) is 0 Å². The van der Waals surface area contributed by atoms with Crippen LogP contribution in [-0.4, -0.2) is 35.8 Å². The molecule has 1 aromatic heterocycles. The minimum atomic E-state index is -0.156. The van der Waals surface area contributed by atoms with Crippen molar-refractivity contribution in [3.8, 4) is 11.1 Å². The van der Waals surface area contributed by atoms with Crippen molar-refractivity contribution in [2.24, 2.45) is 0 Å². The van der Waals surface area contributed by atoms with E-state index in [2.05, 4.69) is 18.3 Å². The fourth-order valence-electron chi connectivity index (χ4n) is 4.35. The van der Waals surface area contributed by atoms with E-state index in [1.807, 2.05) is 59.5 Å². The first-order valence-electron chi connectivity index (χ1n) is 10.8. The van der Waals surface area contributed by atoms with Crippen LogP contribution in [0.5, 0.6) is 0 Å². The molecule has 1 unspecified atom stereocenters. The molecule has 4 aromatic rings. The number of likely N-dealkylation sites (tertiary alicyclic amines) is 1. The van der Waals surface area contributed by atoms with Crippen LogP contribution in [0.15, 0.2) is 83.5 Å². The monoisotopic (exact) mass is 424 g/mol. The molecule has 3 aromatic carbocycles. The molecule has 0 saturated carbocycles. The maximum atomic E-state index is 13.4. The third-order valence-electron chi connectivity index (χ3n) is 6.24. The van der Waals surface area contributed by atoms with Gasteiger partial charge >= 0.3 is 0 Å². The third kappa shape index (κ3) is 3.56. The lowest BCUT2D eigenvalue weighted by Gasteiger charge is -2.41. The molecular formula is C27H24N2O3. The molecule has 32 heavy (non-hydrogen) atoms. The van der Waals surface area contributed by atoms with Gasteiger partial charge in [0.2, 0.25) is 0 Å². The van der Waals surface area contributed by atoms with E-state index in [1.54, 1.807) is 18.4 Å². The van der Waals surface area contributed by atoms with E-state index in [0.717, 1.165) is 28.5 Å². The molecule has 2 amide bonds. The molecule has 1 aliphatic rings. The number of nitrogens with one attached hydrogen (secondary N) is 1. The summed E-state index contributed by atoms with van der Waals surface area (Å²) in [6.07, 6.45) is 2.45. The fraction of sp³-hybridized carbons (Fsp3) is 0.185. The number of benzene rings is 3. The summed E-state index contributed by atoms with van der Waals surface area (Å²) in [7, 11) is 0. The average Bonchev–Trinajstić information content (AvgIpc) is 3.28. The summed E-state index contributed by atoms with van der Waals surface area (Å²) in [4.78, 5) is 28.0. The molecule has 5 rings (SSSR count). The Morgan fingerprint density at radius 1 is 0.938 bits per heavy atom. The number of hydrogen-bond acceptors (Lipinski definition) is 3. The highest BCUT2D eigenvalue weighted by atomic mass is 16.3. The predicted molar refractivity (Wildman–Crippen MR) is 125 cm³/mol. The molecule has 2 heterocycles. The van der Waals surface area contributed by atoms with E-state index < -0.39 is 0 Å². The Morgan fingerprint density at radius 3 is 2.47 bits per heavy atom. The quantitative estimate of drug-likeness (QED) is 0.488. The van der Waals surface area contributed by atoms with Crippen LogP contribution in [0.3, 0.4) is 0 Å². The summed E-state index contributed by atoms with van der Waals surface area (Å²) in [6, 6.07) is 23.1. The van der Waals surface area contributed by atoms with Gasteiger partial charge in [0.05, 0.1) is 17.9 Å². The summed E-state index contributed by atoms with van der Waals surface area (Å²) < 4.78 is 5.39. The number of nitrogens with zero attached hydrogens (tertiary/aromatic N) is 1. The molecule has 0 aliphatic carbocycles. The Balaban J connectivity index is 1.31. The highest BCUT2D eigenvalue weighted by Crippen LogP contribution is 2.30. The van der Waals surface area contributed by atoms with Crippen LogP contribution in [0.1, 0.15) is 32.7 Å². The molecule has 0 spiro atoms. The van der Waals surface area contributed by atoms with E-state index >= 15 is 0 Å². The Kier molecular flexibility index (Phi) is 5.23. The summed E-state index contributed by atoms with van der Waals surface area (Å²) >= 11 is 0. The zero-order chi connectivity index (χ0) is 22.1. The van der Waals surface area contributed by atoms with Crippen molar-refractivity contribution in [1.29, 1.82) is 0 Å². The Hall–Kier alpha value is -3.86. The number of amides is 2. The van der Waals surface area contributed by atoms with Crippen LogP contribution in [0.2, 0.25) is 0 Å². The molecule has 0 radical (unpaired) electrons. The van der Waals surface area contributed by atoms with E-state index in [-0.39, 0.29) is 17.9 Å². The van der Waals surface area contributed by atoms with Crippen LogP contribution < -0.4 is 5.32 Å². The van der Waals surface area contributed by atoms with E-state index in [1.165, 1.54) is 0 Å². The van der Waals surface area contributed by atoms with Crippen molar-refractivity contribution >= 4 is 22.8 Å². The first-order valence-corrected chi connectivity index (χ1v) is 10.8. The smallest absolute Gasteiger partial charge is 0.254 e. The van der Waals surface area contributed by atoms with Crippen LogP contribution in [0.4, 0.5) is 0 Å². The summed E-state index contributed by atoms with van der Waals surface area (Å²) in [5.41, 5.74) is 5.10. The van der Waals surface area contributed by atoms with Crippen molar-refractivity contribution in [2.75, 3.05) is 13.1 Å². The van der Waals surface area contributed by atoms with Gasteiger partial charge in [-0.05, 0) is 54.3 Å². The van der Waals surface area contributed by atoms with Crippen molar-refractivity contribution in [3.63, 3.8) is 0 Å². The van der Waals surface area contributed by atoms with Crippen molar-refractivity contribution in [1.82, 2.24) is 10.2 Å². The topological polar surface area (TPSA) is 62.6 Å². The minimum absolute atomic E-state index is 0.00582. The highest BCUT2D eigenvalue weighted by molar-refractivity contribution is 6.06. The SMILES string of the molecule is Cc1ccccc1-c1ccccc1C(=O)N1CCC1CNC(=O)c1cccc2occc12. The van der Waals surface area contributed by atoms with Crippen molar-refractivity contribution in [3.05, 3.63) is 95.7 Å². The largest absolute Gasteiger partial charge is 0.464 e. The lowest BCUT2D eigenvalue weighted by atomic mass is 9.93. The van der Waals surface area contributed by atoms with E-state index in [9.17, 15) is 9.59 Å². The van der Waals surface area contributed by atoms with Gasteiger partial charge in [0, 0.05) is 24.0 Å². The van der Waals surface area contributed by atoms with Gasteiger partial charge in [-0.2, -0.15) is 0 Å². The van der Waals surface area contributed by atoms with Gasteiger partial charge in [-0.3, -0.25) is 9.59 Å². The Bertz CT molecular complexity index is 1310. The third-order valence-corrected chi connectivity index (χ3v) is 6.24. The Labute approximate surface area is 186 Å².